The molecule has 168 valence electrons. The number of nitrogens with one attached hydrogen (secondary N) is 1. The molecule has 1 fully saturated rings. The number of aromatic amines is 1. The zero-order chi connectivity index (χ0) is 22.9. The number of aromatic nitrogens is 5. The van der Waals surface area contributed by atoms with Gasteiger partial charge in [-0.2, -0.15) is 0 Å². The third-order valence-corrected chi connectivity index (χ3v) is 6.40. The summed E-state index contributed by atoms with van der Waals surface area (Å²) in [6.45, 7) is 3.50. The third kappa shape index (κ3) is 4.26. The van der Waals surface area contributed by atoms with Gasteiger partial charge in [0, 0.05) is 29.6 Å². The quantitative estimate of drug-likeness (QED) is 0.500. The number of amides is 1. The Morgan fingerprint density at radius 1 is 1.21 bits per heavy atom. The zero-order valence-corrected chi connectivity index (χ0v) is 18.9. The van der Waals surface area contributed by atoms with Crippen molar-refractivity contribution in [2.45, 2.75) is 32.2 Å². The lowest BCUT2D eigenvalue weighted by Crippen LogP contribution is -2.40. The fourth-order valence-electron chi connectivity index (χ4n) is 4.32. The van der Waals surface area contributed by atoms with Crippen molar-refractivity contribution in [3.8, 4) is 0 Å². The molecule has 8 nitrogen and oxygen atoms in total. The van der Waals surface area contributed by atoms with E-state index >= 15 is 0 Å². The highest BCUT2D eigenvalue weighted by molar-refractivity contribution is 6.31. The van der Waals surface area contributed by atoms with Crippen molar-refractivity contribution in [3.63, 3.8) is 0 Å². The Kier molecular flexibility index (Phi) is 5.68. The minimum Gasteiger partial charge on any atom is -0.338 e. The van der Waals surface area contributed by atoms with Crippen LogP contribution in [0.4, 0.5) is 0 Å². The topological polar surface area (TPSA) is 96.8 Å². The first-order valence-electron chi connectivity index (χ1n) is 10.9. The number of halogens is 1. The van der Waals surface area contributed by atoms with Crippen LogP contribution in [0.1, 0.15) is 46.1 Å². The number of carbonyl (C=O) groups is 1. The average Bonchev–Trinajstić information content (AvgIpc) is 3.23. The maximum Gasteiger partial charge on any atom is 0.281 e. The SMILES string of the molecule is Cc1cccc(C(=O)N2CCC[C@@H](c3nc4c(nnn4Cc4ccccc4Cl)c(=O)[nH]3)C2)c1. The van der Waals surface area contributed by atoms with E-state index < -0.39 is 0 Å². The van der Waals surface area contributed by atoms with E-state index in [1.165, 1.54) is 0 Å². The van der Waals surface area contributed by atoms with Crippen LogP contribution < -0.4 is 5.56 Å². The summed E-state index contributed by atoms with van der Waals surface area (Å²) in [4.78, 5) is 35.2. The zero-order valence-electron chi connectivity index (χ0n) is 18.2. The normalized spacial score (nSPS) is 16.3. The van der Waals surface area contributed by atoms with E-state index in [1.807, 2.05) is 60.4 Å². The van der Waals surface area contributed by atoms with E-state index in [-0.39, 0.29) is 22.9 Å². The van der Waals surface area contributed by atoms with Crippen LogP contribution in [0.25, 0.3) is 11.2 Å². The third-order valence-electron chi connectivity index (χ3n) is 6.03. The maximum absolute atomic E-state index is 13.1. The molecule has 0 spiro atoms. The van der Waals surface area contributed by atoms with E-state index in [9.17, 15) is 9.59 Å². The highest BCUT2D eigenvalue weighted by Crippen LogP contribution is 2.26. The van der Waals surface area contributed by atoms with Gasteiger partial charge in [0.25, 0.3) is 11.5 Å². The van der Waals surface area contributed by atoms with Crippen molar-refractivity contribution in [3.05, 3.63) is 86.4 Å². The van der Waals surface area contributed by atoms with Crippen molar-refractivity contribution >= 4 is 28.7 Å². The summed E-state index contributed by atoms with van der Waals surface area (Å²) in [5, 5.41) is 8.77. The second kappa shape index (κ2) is 8.78. The predicted molar refractivity (Wildman–Crippen MR) is 126 cm³/mol. The Morgan fingerprint density at radius 3 is 2.88 bits per heavy atom. The number of rotatable bonds is 4. The molecule has 1 aliphatic heterocycles. The van der Waals surface area contributed by atoms with Gasteiger partial charge in [0.05, 0.1) is 6.54 Å². The van der Waals surface area contributed by atoms with Crippen LogP contribution in [0.2, 0.25) is 5.02 Å². The Bertz CT molecular complexity index is 1400. The number of likely N-dealkylation sites (tertiary alicyclic amines) is 1. The fourth-order valence-corrected chi connectivity index (χ4v) is 4.51. The lowest BCUT2D eigenvalue weighted by Gasteiger charge is -2.32. The predicted octanol–water partition coefficient (Wildman–Crippen LogP) is 3.54. The summed E-state index contributed by atoms with van der Waals surface area (Å²) >= 11 is 6.30. The summed E-state index contributed by atoms with van der Waals surface area (Å²) in [5.41, 5.74) is 2.86. The summed E-state index contributed by atoms with van der Waals surface area (Å²) in [6, 6.07) is 15.1. The van der Waals surface area contributed by atoms with Crippen molar-refractivity contribution in [1.82, 2.24) is 29.9 Å². The molecule has 3 heterocycles. The van der Waals surface area contributed by atoms with Gasteiger partial charge < -0.3 is 9.88 Å². The second-order valence-electron chi connectivity index (χ2n) is 8.42. The average molecular weight is 463 g/mol. The van der Waals surface area contributed by atoms with Crippen LogP contribution in [0.15, 0.2) is 53.3 Å². The highest BCUT2D eigenvalue weighted by atomic mass is 35.5. The maximum atomic E-state index is 13.1. The molecule has 1 saturated heterocycles. The van der Waals surface area contributed by atoms with Gasteiger partial charge in [-0.25, -0.2) is 9.67 Å². The standard InChI is InChI=1S/C24H23ClN6O2/c1-15-6-4-8-16(12-15)24(33)30-11-5-9-18(13-30)21-26-22-20(23(32)27-21)28-29-31(22)14-17-7-2-3-10-19(17)25/h2-4,6-8,10,12,18H,5,9,11,13-14H2,1H3,(H,26,27,32)/t18-/m1/s1. The monoisotopic (exact) mass is 462 g/mol. The summed E-state index contributed by atoms with van der Waals surface area (Å²) in [5.74, 6) is 0.475. The number of aryl methyl sites for hydroxylation is 1. The number of hydrogen-bond donors (Lipinski definition) is 1. The fraction of sp³-hybridized carbons (Fsp3) is 0.292. The lowest BCUT2D eigenvalue weighted by atomic mass is 9.96. The minimum absolute atomic E-state index is 0.00254. The first kappa shape index (κ1) is 21.3. The molecule has 0 bridgehead atoms. The molecule has 0 unspecified atom stereocenters. The lowest BCUT2D eigenvalue weighted by molar-refractivity contribution is 0.0704. The van der Waals surface area contributed by atoms with E-state index in [1.54, 1.807) is 4.68 Å². The van der Waals surface area contributed by atoms with E-state index in [0.717, 1.165) is 24.0 Å². The van der Waals surface area contributed by atoms with Gasteiger partial charge in [-0.15, -0.1) is 5.10 Å². The van der Waals surface area contributed by atoms with Gasteiger partial charge in [-0.3, -0.25) is 9.59 Å². The summed E-state index contributed by atoms with van der Waals surface area (Å²) < 4.78 is 1.59. The summed E-state index contributed by atoms with van der Waals surface area (Å²) in [7, 11) is 0. The molecule has 2 aromatic heterocycles. The molecule has 4 aromatic rings. The molecule has 1 atom stereocenters. The molecule has 1 amide bonds. The molecular formula is C24H23ClN6O2. The van der Waals surface area contributed by atoms with E-state index in [2.05, 4.69) is 15.3 Å². The molecule has 2 aromatic carbocycles. The molecule has 1 N–H and O–H groups in total. The number of fused-ring (bicyclic) bond motifs is 1. The van der Waals surface area contributed by atoms with Gasteiger partial charge in [-0.1, -0.05) is 52.7 Å². The van der Waals surface area contributed by atoms with Crippen LogP contribution in [0.3, 0.4) is 0 Å². The molecule has 0 aliphatic carbocycles. The van der Waals surface area contributed by atoms with Crippen molar-refractivity contribution < 1.29 is 4.79 Å². The van der Waals surface area contributed by atoms with Gasteiger partial charge in [0.15, 0.2) is 11.2 Å². The van der Waals surface area contributed by atoms with Gasteiger partial charge in [0.1, 0.15) is 5.82 Å². The Morgan fingerprint density at radius 2 is 2.06 bits per heavy atom. The summed E-state index contributed by atoms with van der Waals surface area (Å²) in [6.07, 6.45) is 1.67. The van der Waals surface area contributed by atoms with Crippen molar-refractivity contribution in [2.75, 3.05) is 13.1 Å². The number of H-pyrrole nitrogens is 1. The highest BCUT2D eigenvalue weighted by Gasteiger charge is 2.28. The Balaban J connectivity index is 1.44. The molecule has 1 aliphatic rings. The van der Waals surface area contributed by atoms with E-state index in [0.29, 0.717) is 41.7 Å². The number of nitrogens with zero attached hydrogens (tertiary/aromatic N) is 5. The second-order valence-corrected chi connectivity index (χ2v) is 8.83. The van der Waals surface area contributed by atoms with E-state index in [4.69, 9.17) is 16.6 Å². The molecule has 0 saturated carbocycles. The minimum atomic E-state index is -0.331. The van der Waals surface area contributed by atoms with Crippen LogP contribution in [0, 0.1) is 6.92 Å². The van der Waals surface area contributed by atoms with Gasteiger partial charge >= 0.3 is 0 Å². The Hall–Kier alpha value is -3.52. The van der Waals surface area contributed by atoms with Crippen LogP contribution in [-0.2, 0) is 6.54 Å². The van der Waals surface area contributed by atoms with Crippen molar-refractivity contribution in [2.24, 2.45) is 0 Å². The molecular weight excluding hydrogens is 440 g/mol. The van der Waals surface area contributed by atoms with Crippen LogP contribution in [-0.4, -0.2) is 48.9 Å². The number of benzene rings is 2. The first-order valence-corrected chi connectivity index (χ1v) is 11.3. The number of hydrogen-bond acceptors (Lipinski definition) is 5. The molecule has 9 heteroatoms. The molecule has 5 rings (SSSR count). The molecule has 0 radical (unpaired) electrons. The number of piperidine rings is 1. The molecule has 33 heavy (non-hydrogen) atoms. The number of carbonyl (C=O) groups excluding carboxylic acids is 1. The van der Waals surface area contributed by atoms with Gasteiger partial charge in [-0.05, 0) is 43.5 Å². The van der Waals surface area contributed by atoms with Gasteiger partial charge in [0.2, 0.25) is 0 Å². The smallest absolute Gasteiger partial charge is 0.281 e. The van der Waals surface area contributed by atoms with Crippen LogP contribution in [0.5, 0.6) is 0 Å². The first-order chi connectivity index (χ1) is 16.0. The van der Waals surface area contributed by atoms with Crippen molar-refractivity contribution in [1.29, 1.82) is 0 Å². The largest absolute Gasteiger partial charge is 0.338 e. The Labute approximate surface area is 195 Å². The van der Waals surface area contributed by atoms with Crippen LogP contribution >= 0.6 is 11.6 Å².